The van der Waals surface area contributed by atoms with Crippen molar-refractivity contribution >= 4 is 15.9 Å². The van der Waals surface area contributed by atoms with Crippen LogP contribution in [0.1, 0.15) is 18.4 Å². The minimum absolute atomic E-state index is 0.134. The molecule has 0 unspecified atom stereocenters. The highest BCUT2D eigenvalue weighted by Gasteiger charge is 2.42. The van der Waals surface area contributed by atoms with E-state index in [1.54, 1.807) is 6.07 Å². The summed E-state index contributed by atoms with van der Waals surface area (Å²) in [5.74, 6) is 1.33. The van der Waals surface area contributed by atoms with Crippen LogP contribution in [0.5, 0.6) is 17.2 Å². The number of phenolic OH excluding ortho intramolecular Hbond substituents is 1. The molecule has 1 fully saturated rings. The Morgan fingerprint density at radius 1 is 1.29 bits per heavy atom. The summed E-state index contributed by atoms with van der Waals surface area (Å²) < 4.78 is 11.6. The molecule has 4 nitrogen and oxygen atoms in total. The predicted molar refractivity (Wildman–Crippen MR) is 64.7 cm³/mol. The second-order valence-corrected chi connectivity index (χ2v) is 5.47. The van der Waals surface area contributed by atoms with E-state index in [9.17, 15) is 10.2 Å². The number of aromatic hydroxyl groups is 1. The zero-order valence-corrected chi connectivity index (χ0v) is 10.8. The number of rotatable bonds is 2. The minimum atomic E-state index is -0.674. The van der Waals surface area contributed by atoms with Gasteiger partial charge in [-0.3, -0.25) is 0 Å². The lowest BCUT2D eigenvalue weighted by Crippen LogP contribution is -2.19. The van der Waals surface area contributed by atoms with Gasteiger partial charge in [0.15, 0.2) is 11.5 Å². The molecule has 0 bridgehead atoms. The molecule has 1 aromatic carbocycles. The van der Waals surface area contributed by atoms with Crippen molar-refractivity contribution in [3.05, 3.63) is 16.1 Å². The fraction of sp³-hybridized carbons (Fsp3) is 0.500. The van der Waals surface area contributed by atoms with Gasteiger partial charge in [-0.25, -0.2) is 0 Å². The molecule has 1 heterocycles. The summed E-state index contributed by atoms with van der Waals surface area (Å²) in [4.78, 5) is 0. The Morgan fingerprint density at radius 3 is 2.71 bits per heavy atom. The highest BCUT2D eigenvalue weighted by Crippen LogP contribution is 2.48. The maximum Gasteiger partial charge on any atom is 0.168 e. The third kappa shape index (κ3) is 1.98. The molecule has 1 aliphatic carbocycles. The first-order valence-electron chi connectivity index (χ1n) is 5.61. The number of phenols is 1. The van der Waals surface area contributed by atoms with Crippen molar-refractivity contribution < 1.29 is 19.7 Å². The molecule has 0 atom stereocenters. The number of ether oxygens (including phenoxy) is 2. The van der Waals surface area contributed by atoms with Crippen LogP contribution in [0.15, 0.2) is 10.5 Å². The maximum absolute atomic E-state index is 10.1. The third-order valence-electron chi connectivity index (χ3n) is 3.19. The van der Waals surface area contributed by atoms with Gasteiger partial charge < -0.3 is 19.7 Å². The van der Waals surface area contributed by atoms with Gasteiger partial charge in [0.2, 0.25) is 0 Å². The SMILES string of the molecule is Oc1c(Br)cc2c(c1CC1(O)CC1)OCCO2. The number of benzene rings is 1. The molecule has 2 N–H and O–H groups in total. The number of fused-ring (bicyclic) bond motifs is 1. The lowest BCUT2D eigenvalue weighted by atomic mass is 10.0. The van der Waals surface area contributed by atoms with Gasteiger partial charge in [0, 0.05) is 18.1 Å². The number of hydrogen-bond acceptors (Lipinski definition) is 4. The molecule has 1 saturated carbocycles. The molecular weight excluding hydrogens is 288 g/mol. The molecular formula is C12H13BrO4. The van der Waals surface area contributed by atoms with Crippen molar-refractivity contribution in [3.8, 4) is 17.2 Å². The Morgan fingerprint density at radius 2 is 2.00 bits per heavy atom. The fourth-order valence-electron chi connectivity index (χ4n) is 2.02. The van der Waals surface area contributed by atoms with E-state index in [1.807, 2.05) is 0 Å². The van der Waals surface area contributed by atoms with Crippen LogP contribution in [0.2, 0.25) is 0 Å². The Kier molecular flexibility index (Phi) is 2.48. The topological polar surface area (TPSA) is 58.9 Å². The first kappa shape index (κ1) is 11.2. The van der Waals surface area contributed by atoms with Crippen LogP contribution >= 0.6 is 15.9 Å². The van der Waals surface area contributed by atoms with Gasteiger partial charge in [0.1, 0.15) is 19.0 Å². The maximum atomic E-state index is 10.1. The summed E-state index contributed by atoms with van der Waals surface area (Å²) in [6, 6.07) is 1.70. The quantitative estimate of drug-likeness (QED) is 0.877. The van der Waals surface area contributed by atoms with Crippen LogP contribution in [-0.2, 0) is 6.42 Å². The van der Waals surface area contributed by atoms with E-state index in [2.05, 4.69) is 15.9 Å². The Labute approximate surface area is 107 Å². The van der Waals surface area contributed by atoms with Crippen molar-refractivity contribution in [3.63, 3.8) is 0 Å². The van der Waals surface area contributed by atoms with Gasteiger partial charge in [-0.05, 0) is 28.8 Å². The van der Waals surface area contributed by atoms with Crippen LogP contribution in [0.3, 0.4) is 0 Å². The molecule has 5 heteroatoms. The second-order valence-electron chi connectivity index (χ2n) is 4.61. The standard InChI is InChI=1S/C12H13BrO4/c13-8-5-9-11(17-4-3-16-9)7(10(8)14)6-12(15)1-2-12/h5,14-15H,1-4,6H2. The molecule has 17 heavy (non-hydrogen) atoms. The lowest BCUT2D eigenvalue weighted by Gasteiger charge is -2.23. The number of halogens is 1. The smallest absolute Gasteiger partial charge is 0.168 e. The van der Waals surface area contributed by atoms with Gasteiger partial charge >= 0.3 is 0 Å². The van der Waals surface area contributed by atoms with Gasteiger partial charge in [-0.2, -0.15) is 0 Å². The highest BCUT2D eigenvalue weighted by atomic mass is 79.9. The molecule has 0 spiro atoms. The fourth-order valence-corrected chi connectivity index (χ4v) is 2.47. The third-order valence-corrected chi connectivity index (χ3v) is 3.79. The molecule has 92 valence electrons. The number of aliphatic hydroxyl groups is 1. The average molecular weight is 301 g/mol. The first-order chi connectivity index (χ1) is 8.09. The zero-order valence-electron chi connectivity index (χ0n) is 9.20. The highest BCUT2D eigenvalue weighted by molar-refractivity contribution is 9.10. The molecule has 1 aromatic rings. The van der Waals surface area contributed by atoms with Gasteiger partial charge in [0.05, 0.1) is 10.1 Å². The van der Waals surface area contributed by atoms with Crippen molar-refractivity contribution in [2.75, 3.05) is 13.2 Å². The summed E-state index contributed by atoms with van der Waals surface area (Å²) in [6.45, 7) is 0.980. The van der Waals surface area contributed by atoms with Crippen LogP contribution in [-0.4, -0.2) is 29.0 Å². The van der Waals surface area contributed by atoms with E-state index in [-0.39, 0.29) is 5.75 Å². The van der Waals surface area contributed by atoms with Gasteiger partial charge in [-0.1, -0.05) is 0 Å². The van der Waals surface area contributed by atoms with E-state index in [0.717, 1.165) is 12.8 Å². The monoisotopic (exact) mass is 300 g/mol. The van der Waals surface area contributed by atoms with E-state index in [4.69, 9.17) is 9.47 Å². The second kappa shape index (κ2) is 3.78. The summed E-state index contributed by atoms with van der Waals surface area (Å²) in [7, 11) is 0. The van der Waals surface area contributed by atoms with E-state index < -0.39 is 5.60 Å². The summed E-state index contributed by atoms with van der Waals surface area (Å²) in [5, 5.41) is 20.0. The molecule has 0 saturated heterocycles. The lowest BCUT2D eigenvalue weighted by molar-refractivity contribution is 0.141. The van der Waals surface area contributed by atoms with Crippen molar-refractivity contribution in [1.29, 1.82) is 0 Å². The van der Waals surface area contributed by atoms with Crippen LogP contribution in [0.4, 0.5) is 0 Å². The summed E-state index contributed by atoms with van der Waals surface area (Å²) in [6.07, 6.45) is 1.95. The average Bonchev–Trinajstić information content (AvgIpc) is 3.03. The van der Waals surface area contributed by atoms with Gasteiger partial charge in [0.25, 0.3) is 0 Å². The van der Waals surface area contributed by atoms with Crippen LogP contribution in [0, 0.1) is 0 Å². The normalized spacial score (nSPS) is 20.1. The predicted octanol–water partition coefficient (Wildman–Crippen LogP) is 1.99. The van der Waals surface area contributed by atoms with Gasteiger partial charge in [-0.15, -0.1) is 0 Å². The largest absolute Gasteiger partial charge is 0.506 e. The van der Waals surface area contributed by atoms with E-state index in [1.165, 1.54) is 0 Å². The van der Waals surface area contributed by atoms with Crippen LogP contribution in [0.25, 0.3) is 0 Å². The molecule has 0 aromatic heterocycles. The molecule has 0 amide bonds. The molecule has 0 radical (unpaired) electrons. The van der Waals surface area contributed by atoms with E-state index in [0.29, 0.717) is 41.2 Å². The minimum Gasteiger partial charge on any atom is -0.506 e. The van der Waals surface area contributed by atoms with E-state index >= 15 is 0 Å². The zero-order chi connectivity index (χ0) is 12.0. The first-order valence-corrected chi connectivity index (χ1v) is 6.41. The van der Waals surface area contributed by atoms with Crippen molar-refractivity contribution in [2.24, 2.45) is 0 Å². The molecule has 1 aliphatic heterocycles. The Bertz CT molecular complexity index is 468. The molecule has 3 rings (SSSR count). The van der Waals surface area contributed by atoms with Crippen molar-refractivity contribution in [2.45, 2.75) is 24.9 Å². The summed E-state index contributed by atoms with van der Waals surface area (Å²) >= 11 is 3.29. The number of hydrogen-bond donors (Lipinski definition) is 2. The van der Waals surface area contributed by atoms with Crippen molar-refractivity contribution in [1.82, 2.24) is 0 Å². The Balaban J connectivity index is 2.06. The van der Waals surface area contributed by atoms with Crippen LogP contribution < -0.4 is 9.47 Å². The Hall–Kier alpha value is -0.940. The summed E-state index contributed by atoms with van der Waals surface area (Å²) in [5.41, 5.74) is -0.0404. The molecule has 2 aliphatic rings.